The van der Waals surface area contributed by atoms with E-state index in [0.717, 1.165) is 24.4 Å². The first-order valence-electron chi connectivity index (χ1n) is 6.84. The predicted octanol–water partition coefficient (Wildman–Crippen LogP) is 4.32. The first-order chi connectivity index (χ1) is 9.38. The molecule has 0 saturated carbocycles. The summed E-state index contributed by atoms with van der Waals surface area (Å²) in [7, 11) is 0. The summed E-state index contributed by atoms with van der Waals surface area (Å²) in [6.07, 6.45) is 0. The molecule has 1 atom stereocenters. The number of hydrogen-bond acceptors (Lipinski definition) is 3. The summed E-state index contributed by atoms with van der Waals surface area (Å²) in [5, 5.41) is 11.8. The van der Waals surface area contributed by atoms with E-state index in [-0.39, 0.29) is 0 Å². The summed E-state index contributed by atoms with van der Waals surface area (Å²) in [5.41, 5.74) is 0.370. The van der Waals surface area contributed by atoms with Gasteiger partial charge in [0.15, 0.2) is 0 Å². The third-order valence-corrected chi connectivity index (χ3v) is 5.07. The van der Waals surface area contributed by atoms with Gasteiger partial charge in [-0.3, -0.25) is 0 Å². The molecule has 0 radical (unpaired) electrons. The highest BCUT2D eigenvalue weighted by Gasteiger charge is 2.22. The minimum absolute atomic E-state index is 0.650. The Bertz CT molecular complexity index is 422. The van der Waals surface area contributed by atoms with Crippen molar-refractivity contribution in [2.45, 2.75) is 32.1 Å². The normalized spacial score (nSPS) is 14.6. The first kappa shape index (κ1) is 18.1. The molecule has 1 rings (SSSR count). The summed E-state index contributed by atoms with van der Waals surface area (Å²) in [4.78, 5) is 2.23. The number of hydrogen-bond donors (Lipinski definition) is 1. The van der Waals surface area contributed by atoms with Gasteiger partial charge in [0.2, 0.25) is 0 Å². The molecule has 1 N–H and O–H groups in total. The number of nitrogens with zero attached hydrogens (tertiary/aromatic N) is 1. The molecular formula is C15H23Cl2NOS. The molecule has 0 aliphatic heterocycles. The standard InChI is InChI=1S/C15H23Cl2NOS/c1-4-18(5-2)10-15(3,19)11-20-9-12-6-7-13(16)8-14(12)17/h6-8,19H,4-5,9-11H2,1-3H3. The van der Waals surface area contributed by atoms with E-state index in [4.69, 9.17) is 23.2 Å². The summed E-state index contributed by atoms with van der Waals surface area (Å²) < 4.78 is 0. The van der Waals surface area contributed by atoms with Crippen LogP contribution in [-0.4, -0.2) is 41.0 Å². The summed E-state index contributed by atoms with van der Waals surface area (Å²) in [6, 6.07) is 5.54. The van der Waals surface area contributed by atoms with E-state index >= 15 is 0 Å². The van der Waals surface area contributed by atoms with Crippen molar-refractivity contribution in [3.8, 4) is 0 Å². The van der Waals surface area contributed by atoms with Crippen LogP contribution in [0, 0.1) is 0 Å². The fraction of sp³-hybridized carbons (Fsp3) is 0.600. The van der Waals surface area contributed by atoms with Crippen molar-refractivity contribution in [1.29, 1.82) is 0 Å². The smallest absolute Gasteiger partial charge is 0.0836 e. The number of aliphatic hydroxyl groups is 1. The van der Waals surface area contributed by atoms with Gasteiger partial charge in [-0.15, -0.1) is 0 Å². The fourth-order valence-corrected chi connectivity index (χ4v) is 3.65. The minimum Gasteiger partial charge on any atom is -0.388 e. The third-order valence-electron chi connectivity index (χ3n) is 3.14. The van der Waals surface area contributed by atoms with Crippen molar-refractivity contribution >= 4 is 35.0 Å². The lowest BCUT2D eigenvalue weighted by atomic mass is 10.1. The quantitative estimate of drug-likeness (QED) is 0.765. The third kappa shape index (κ3) is 6.23. The predicted molar refractivity (Wildman–Crippen MR) is 91.0 cm³/mol. The van der Waals surface area contributed by atoms with Gasteiger partial charge < -0.3 is 10.0 Å². The lowest BCUT2D eigenvalue weighted by Gasteiger charge is -2.30. The minimum atomic E-state index is -0.685. The largest absolute Gasteiger partial charge is 0.388 e. The van der Waals surface area contributed by atoms with E-state index in [0.29, 0.717) is 22.3 Å². The molecule has 1 aromatic carbocycles. The topological polar surface area (TPSA) is 23.5 Å². The maximum Gasteiger partial charge on any atom is 0.0836 e. The monoisotopic (exact) mass is 335 g/mol. The van der Waals surface area contributed by atoms with E-state index in [1.165, 1.54) is 0 Å². The molecule has 1 unspecified atom stereocenters. The molecule has 5 heteroatoms. The van der Waals surface area contributed by atoms with E-state index in [1.54, 1.807) is 17.8 Å². The van der Waals surface area contributed by atoms with E-state index < -0.39 is 5.60 Å². The molecule has 20 heavy (non-hydrogen) atoms. The van der Waals surface area contributed by atoms with Gasteiger partial charge in [-0.2, -0.15) is 11.8 Å². The van der Waals surface area contributed by atoms with Crippen molar-refractivity contribution in [2.24, 2.45) is 0 Å². The van der Waals surface area contributed by atoms with Crippen molar-refractivity contribution in [3.63, 3.8) is 0 Å². The Hall–Kier alpha value is 0.0700. The Balaban J connectivity index is 2.46. The Morgan fingerprint density at radius 2 is 1.90 bits per heavy atom. The molecule has 0 heterocycles. The number of thioether (sulfide) groups is 1. The van der Waals surface area contributed by atoms with Crippen LogP contribution < -0.4 is 0 Å². The van der Waals surface area contributed by atoms with Crippen molar-refractivity contribution in [3.05, 3.63) is 33.8 Å². The zero-order valence-electron chi connectivity index (χ0n) is 12.3. The molecule has 0 spiro atoms. The molecule has 0 fully saturated rings. The number of likely N-dealkylation sites (N-methyl/N-ethyl adjacent to an activating group) is 1. The molecule has 0 saturated heterocycles. The Kier molecular flexibility index (Phi) is 7.70. The molecule has 0 amide bonds. The highest BCUT2D eigenvalue weighted by atomic mass is 35.5. The Morgan fingerprint density at radius 3 is 2.45 bits per heavy atom. The van der Waals surface area contributed by atoms with Crippen LogP contribution in [0.5, 0.6) is 0 Å². The molecular weight excluding hydrogens is 313 g/mol. The molecule has 114 valence electrons. The van der Waals surface area contributed by atoms with Gasteiger partial charge in [-0.05, 0) is 37.7 Å². The van der Waals surface area contributed by atoms with Crippen molar-refractivity contribution in [1.82, 2.24) is 4.90 Å². The van der Waals surface area contributed by atoms with Gasteiger partial charge in [-0.1, -0.05) is 43.1 Å². The first-order valence-corrected chi connectivity index (χ1v) is 8.75. The summed E-state index contributed by atoms with van der Waals surface area (Å²) >= 11 is 13.7. The molecule has 0 aliphatic carbocycles. The average Bonchev–Trinajstić information content (AvgIpc) is 2.38. The van der Waals surface area contributed by atoms with Crippen LogP contribution in [0.25, 0.3) is 0 Å². The fourth-order valence-electron chi connectivity index (χ4n) is 1.99. The second-order valence-corrected chi connectivity index (χ2v) is 7.02. The zero-order chi connectivity index (χ0) is 15.2. The molecule has 2 nitrogen and oxygen atoms in total. The van der Waals surface area contributed by atoms with Crippen LogP contribution in [-0.2, 0) is 5.75 Å². The lowest BCUT2D eigenvalue weighted by Crippen LogP contribution is -2.42. The Labute approximate surface area is 136 Å². The summed E-state index contributed by atoms with van der Waals surface area (Å²) in [5.74, 6) is 1.47. The molecule has 0 aliphatic rings. The van der Waals surface area contributed by atoms with Crippen LogP contribution in [0.2, 0.25) is 10.0 Å². The molecule has 0 aromatic heterocycles. The van der Waals surface area contributed by atoms with Gasteiger partial charge in [-0.25, -0.2) is 0 Å². The highest BCUT2D eigenvalue weighted by molar-refractivity contribution is 7.98. The zero-order valence-corrected chi connectivity index (χ0v) is 14.7. The average molecular weight is 336 g/mol. The van der Waals surface area contributed by atoms with E-state index in [2.05, 4.69) is 18.7 Å². The Morgan fingerprint density at radius 1 is 1.25 bits per heavy atom. The van der Waals surface area contributed by atoms with E-state index in [1.807, 2.05) is 19.1 Å². The SMILES string of the molecule is CCN(CC)CC(C)(O)CSCc1ccc(Cl)cc1Cl. The van der Waals surface area contributed by atoms with Crippen LogP contribution in [0.4, 0.5) is 0 Å². The van der Waals surface area contributed by atoms with Gasteiger partial charge in [0, 0.05) is 28.1 Å². The molecule has 1 aromatic rings. The van der Waals surface area contributed by atoms with Crippen molar-refractivity contribution < 1.29 is 5.11 Å². The van der Waals surface area contributed by atoms with Crippen LogP contribution in [0.3, 0.4) is 0 Å². The van der Waals surface area contributed by atoms with Crippen LogP contribution in [0.15, 0.2) is 18.2 Å². The number of halogens is 2. The number of benzene rings is 1. The second kappa shape index (κ2) is 8.50. The lowest BCUT2D eigenvalue weighted by molar-refractivity contribution is 0.0439. The van der Waals surface area contributed by atoms with Gasteiger partial charge in [0.25, 0.3) is 0 Å². The van der Waals surface area contributed by atoms with Crippen LogP contribution >= 0.6 is 35.0 Å². The van der Waals surface area contributed by atoms with E-state index in [9.17, 15) is 5.11 Å². The van der Waals surface area contributed by atoms with Gasteiger partial charge in [0.1, 0.15) is 0 Å². The maximum absolute atomic E-state index is 10.4. The van der Waals surface area contributed by atoms with Crippen LogP contribution in [0.1, 0.15) is 26.3 Å². The molecule has 0 bridgehead atoms. The highest BCUT2D eigenvalue weighted by Crippen LogP contribution is 2.26. The van der Waals surface area contributed by atoms with Crippen molar-refractivity contribution in [2.75, 3.05) is 25.4 Å². The second-order valence-electron chi connectivity index (χ2n) is 5.19. The van der Waals surface area contributed by atoms with Gasteiger partial charge >= 0.3 is 0 Å². The van der Waals surface area contributed by atoms with Gasteiger partial charge in [0.05, 0.1) is 5.60 Å². The summed E-state index contributed by atoms with van der Waals surface area (Å²) in [6.45, 7) is 8.73. The maximum atomic E-state index is 10.4. The number of rotatable bonds is 8.